The summed E-state index contributed by atoms with van der Waals surface area (Å²) in [7, 11) is 0. The maximum Gasteiger partial charge on any atom is 0.308 e. The van der Waals surface area contributed by atoms with Crippen molar-refractivity contribution >= 4 is 33.1 Å². The number of benzene rings is 2. The van der Waals surface area contributed by atoms with Crippen molar-refractivity contribution < 1.29 is 9.18 Å². The highest BCUT2D eigenvalue weighted by molar-refractivity contribution is 7.16. The topological polar surface area (TPSA) is 51.1 Å². The van der Waals surface area contributed by atoms with Crippen molar-refractivity contribution in [3.05, 3.63) is 63.5 Å². The van der Waals surface area contributed by atoms with Crippen LogP contribution in [0.3, 0.4) is 0 Å². The van der Waals surface area contributed by atoms with Crippen molar-refractivity contribution in [2.75, 3.05) is 5.32 Å². The number of rotatable bonds is 3. The maximum absolute atomic E-state index is 12.9. The number of aromatic nitrogens is 1. The first-order valence-electron chi connectivity index (χ1n) is 6.79. The molecule has 1 amide bonds. The Morgan fingerprint density at radius 2 is 1.95 bits per heavy atom. The number of nitrogens with one attached hydrogen (secondary N) is 1. The van der Waals surface area contributed by atoms with Gasteiger partial charge in [0, 0.05) is 17.8 Å². The van der Waals surface area contributed by atoms with Crippen LogP contribution in [-0.4, -0.2) is 10.5 Å². The second kappa shape index (κ2) is 5.73. The van der Waals surface area contributed by atoms with Gasteiger partial charge in [-0.05, 0) is 49.4 Å². The highest BCUT2D eigenvalue weighted by Gasteiger charge is 2.09. The molecule has 3 aromatic rings. The first-order valence-corrected chi connectivity index (χ1v) is 7.60. The lowest BCUT2D eigenvalue weighted by Gasteiger charge is -2.06. The van der Waals surface area contributed by atoms with Crippen LogP contribution in [0.4, 0.5) is 10.1 Å². The van der Waals surface area contributed by atoms with E-state index in [2.05, 4.69) is 5.32 Å². The van der Waals surface area contributed by atoms with E-state index >= 15 is 0 Å². The van der Waals surface area contributed by atoms with E-state index in [0.717, 1.165) is 21.6 Å². The fourth-order valence-corrected chi connectivity index (χ4v) is 3.24. The molecule has 0 aliphatic rings. The standard InChI is InChI=1S/C16H13FN2O2S/c1-2-19-13-8-7-12(9-14(13)22-16(19)21)18-15(20)10-3-5-11(17)6-4-10/h3-9H,2H2,1H3,(H,18,20). The molecule has 4 nitrogen and oxygen atoms in total. The van der Waals surface area contributed by atoms with Crippen LogP contribution >= 0.6 is 11.3 Å². The number of fused-ring (bicyclic) bond motifs is 1. The predicted octanol–water partition coefficient (Wildman–Crippen LogP) is 3.47. The molecule has 112 valence electrons. The molecule has 0 aliphatic carbocycles. The second-order valence-electron chi connectivity index (χ2n) is 4.76. The molecule has 0 saturated carbocycles. The highest BCUT2D eigenvalue weighted by Crippen LogP contribution is 2.22. The number of thiazole rings is 1. The molecule has 2 aromatic carbocycles. The molecule has 22 heavy (non-hydrogen) atoms. The number of carbonyl (C=O) groups is 1. The van der Waals surface area contributed by atoms with Gasteiger partial charge in [0.25, 0.3) is 5.91 Å². The van der Waals surface area contributed by atoms with Gasteiger partial charge in [-0.15, -0.1) is 0 Å². The number of carbonyl (C=O) groups excluding carboxylic acids is 1. The Morgan fingerprint density at radius 1 is 1.23 bits per heavy atom. The van der Waals surface area contributed by atoms with E-state index in [0.29, 0.717) is 17.8 Å². The number of halogens is 1. The molecular weight excluding hydrogens is 303 g/mol. The van der Waals surface area contributed by atoms with Gasteiger partial charge in [0.1, 0.15) is 5.82 Å². The summed E-state index contributed by atoms with van der Waals surface area (Å²) >= 11 is 1.15. The van der Waals surface area contributed by atoms with Crippen molar-refractivity contribution in [1.29, 1.82) is 0 Å². The van der Waals surface area contributed by atoms with E-state index in [-0.39, 0.29) is 16.6 Å². The fourth-order valence-electron chi connectivity index (χ4n) is 2.25. The number of anilines is 1. The molecule has 0 aliphatic heterocycles. The highest BCUT2D eigenvalue weighted by atomic mass is 32.1. The molecule has 0 atom stereocenters. The smallest absolute Gasteiger partial charge is 0.308 e. The minimum atomic E-state index is -0.386. The van der Waals surface area contributed by atoms with Crippen molar-refractivity contribution in [2.24, 2.45) is 0 Å². The van der Waals surface area contributed by atoms with Gasteiger partial charge in [-0.3, -0.25) is 14.2 Å². The minimum absolute atomic E-state index is 0.0143. The normalized spacial score (nSPS) is 10.8. The summed E-state index contributed by atoms with van der Waals surface area (Å²) in [5.74, 6) is -0.703. The average molecular weight is 316 g/mol. The number of hydrogen-bond acceptors (Lipinski definition) is 3. The lowest BCUT2D eigenvalue weighted by atomic mass is 10.2. The molecule has 1 N–H and O–H groups in total. The van der Waals surface area contributed by atoms with E-state index < -0.39 is 0 Å². The zero-order valence-electron chi connectivity index (χ0n) is 11.8. The van der Waals surface area contributed by atoms with Crippen LogP contribution in [0, 0.1) is 5.82 Å². The largest absolute Gasteiger partial charge is 0.322 e. The van der Waals surface area contributed by atoms with Gasteiger partial charge in [0.15, 0.2) is 0 Å². The first kappa shape index (κ1) is 14.5. The Balaban J connectivity index is 1.89. The lowest BCUT2D eigenvalue weighted by Crippen LogP contribution is -2.12. The Morgan fingerprint density at radius 3 is 2.64 bits per heavy atom. The van der Waals surface area contributed by atoms with Gasteiger partial charge in [0.2, 0.25) is 0 Å². The molecule has 0 bridgehead atoms. The van der Waals surface area contributed by atoms with Gasteiger partial charge >= 0.3 is 4.87 Å². The van der Waals surface area contributed by atoms with Crippen LogP contribution in [0.1, 0.15) is 17.3 Å². The Kier molecular flexibility index (Phi) is 3.77. The van der Waals surface area contributed by atoms with Gasteiger partial charge in [0.05, 0.1) is 10.2 Å². The molecule has 0 spiro atoms. The van der Waals surface area contributed by atoms with E-state index in [9.17, 15) is 14.0 Å². The van der Waals surface area contributed by atoms with Crippen LogP contribution in [0.5, 0.6) is 0 Å². The summed E-state index contributed by atoms with van der Waals surface area (Å²) in [5, 5.41) is 2.75. The number of nitrogens with zero attached hydrogens (tertiary/aromatic N) is 1. The second-order valence-corrected chi connectivity index (χ2v) is 5.75. The quantitative estimate of drug-likeness (QED) is 0.804. The van der Waals surface area contributed by atoms with Gasteiger partial charge in [-0.25, -0.2) is 4.39 Å². The molecule has 0 unspecified atom stereocenters. The summed E-state index contributed by atoms with van der Waals surface area (Å²) in [4.78, 5) is 23.9. The van der Waals surface area contributed by atoms with Crippen LogP contribution in [-0.2, 0) is 6.54 Å². The Labute approximate surface area is 129 Å². The Bertz CT molecular complexity index is 897. The third kappa shape index (κ3) is 2.65. The summed E-state index contributed by atoms with van der Waals surface area (Å²) in [6, 6.07) is 10.7. The maximum atomic E-state index is 12.9. The molecule has 0 saturated heterocycles. The zero-order chi connectivity index (χ0) is 15.7. The van der Waals surface area contributed by atoms with E-state index in [1.807, 2.05) is 13.0 Å². The van der Waals surface area contributed by atoms with Crippen LogP contribution in [0.25, 0.3) is 10.2 Å². The monoisotopic (exact) mass is 316 g/mol. The molecule has 6 heteroatoms. The lowest BCUT2D eigenvalue weighted by molar-refractivity contribution is 0.102. The summed E-state index contributed by atoms with van der Waals surface area (Å²) in [5.41, 5.74) is 1.84. The zero-order valence-corrected chi connectivity index (χ0v) is 12.6. The summed E-state index contributed by atoms with van der Waals surface area (Å²) in [6.07, 6.45) is 0. The minimum Gasteiger partial charge on any atom is -0.322 e. The number of amides is 1. The van der Waals surface area contributed by atoms with Crippen LogP contribution < -0.4 is 10.2 Å². The predicted molar refractivity (Wildman–Crippen MR) is 86.1 cm³/mol. The third-order valence-corrected chi connectivity index (χ3v) is 4.29. The Hall–Kier alpha value is -2.47. The molecule has 0 fully saturated rings. The van der Waals surface area contributed by atoms with Gasteiger partial charge in [-0.2, -0.15) is 0 Å². The summed E-state index contributed by atoms with van der Waals surface area (Å²) < 4.78 is 15.4. The number of aryl methyl sites for hydroxylation is 1. The summed E-state index contributed by atoms with van der Waals surface area (Å²) in [6.45, 7) is 2.53. The molecule has 3 rings (SSSR count). The van der Waals surface area contributed by atoms with E-state index in [1.165, 1.54) is 24.3 Å². The van der Waals surface area contributed by atoms with Crippen LogP contribution in [0.2, 0.25) is 0 Å². The first-order chi connectivity index (χ1) is 10.6. The molecule has 0 radical (unpaired) electrons. The van der Waals surface area contributed by atoms with E-state index in [1.54, 1.807) is 16.7 Å². The van der Waals surface area contributed by atoms with Crippen molar-refractivity contribution in [3.63, 3.8) is 0 Å². The molecule has 1 aromatic heterocycles. The molecule has 1 heterocycles. The van der Waals surface area contributed by atoms with Gasteiger partial charge in [-0.1, -0.05) is 11.3 Å². The van der Waals surface area contributed by atoms with Crippen molar-refractivity contribution in [1.82, 2.24) is 4.57 Å². The molecular formula is C16H13FN2O2S. The van der Waals surface area contributed by atoms with Gasteiger partial charge < -0.3 is 5.32 Å². The van der Waals surface area contributed by atoms with E-state index in [4.69, 9.17) is 0 Å². The average Bonchev–Trinajstić information content (AvgIpc) is 2.82. The SMILES string of the molecule is CCn1c(=O)sc2cc(NC(=O)c3ccc(F)cc3)ccc21. The fraction of sp³-hybridized carbons (Fsp3) is 0.125. The number of hydrogen-bond donors (Lipinski definition) is 1. The third-order valence-electron chi connectivity index (χ3n) is 3.35. The van der Waals surface area contributed by atoms with Crippen LogP contribution in [0.15, 0.2) is 47.3 Å². The van der Waals surface area contributed by atoms with Crippen molar-refractivity contribution in [3.8, 4) is 0 Å². The van der Waals surface area contributed by atoms with Crippen molar-refractivity contribution in [2.45, 2.75) is 13.5 Å².